The lowest BCUT2D eigenvalue weighted by atomic mass is 10.0. The average molecular weight is 443 g/mol. The van der Waals surface area contributed by atoms with Gasteiger partial charge in [-0.05, 0) is 24.3 Å². The summed E-state index contributed by atoms with van der Waals surface area (Å²) in [6, 6.07) is 1.03. The van der Waals surface area contributed by atoms with Crippen LogP contribution in [0.3, 0.4) is 0 Å². The summed E-state index contributed by atoms with van der Waals surface area (Å²) >= 11 is 0. The number of aromatic amines is 1. The third kappa shape index (κ3) is 4.02. The molecule has 3 aromatic rings. The number of nitro groups is 1. The molecule has 5 nitrogen and oxygen atoms in total. The molecule has 0 atom stereocenters. The van der Waals surface area contributed by atoms with Gasteiger partial charge in [0.15, 0.2) is 5.52 Å². The number of non-ortho nitro benzene ring substituents is 1. The standard InChI is InChI=1S/C16H6F9N3O2/c17-14(18,19)7-1-6(2-8(3-7)15(20,21)22)13-26-10-4-9(16(23,24)25)5-11(28(29)30)12(10)27-13/h1-5H,(H,26,27). The molecule has 1 aromatic heterocycles. The van der Waals surface area contributed by atoms with E-state index < -0.39 is 68.3 Å². The molecular formula is C16H6F9N3O2. The normalized spacial score (nSPS) is 13.1. The SMILES string of the molecule is O=[N+]([O-])c1cc(C(F)(F)F)cc2[nH]c(-c3cc(C(F)(F)F)cc(C(F)(F)F)c3)nc12. The first-order valence-corrected chi connectivity index (χ1v) is 7.62. The molecule has 0 aliphatic rings. The van der Waals surface area contributed by atoms with Crippen molar-refractivity contribution in [1.29, 1.82) is 0 Å². The maximum Gasteiger partial charge on any atom is 0.416 e. The number of nitro benzene ring substituents is 1. The Morgan fingerprint density at radius 2 is 1.23 bits per heavy atom. The van der Waals surface area contributed by atoms with Crippen LogP contribution in [0.15, 0.2) is 30.3 Å². The van der Waals surface area contributed by atoms with Crippen LogP contribution in [0.2, 0.25) is 0 Å². The van der Waals surface area contributed by atoms with Gasteiger partial charge in [0.05, 0.1) is 27.1 Å². The molecule has 3 rings (SSSR count). The molecule has 0 aliphatic carbocycles. The van der Waals surface area contributed by atoms with Gasteiger partial charge >= 0.3 is 18.5 Å². The lowest BCUT2D eigenvalue weighted by Crippen LogP contribution is -2.11. The zero-order valence-electron chi connectivity index (χ0n) is 14.0. The summed E-state index contributed by atoms with van der Waals surface area (Å²) in [7, 11) is 0. The van der Waals surface area contributed by atoms with E-state index in [1.165, 1.54) is 0 Å². The molecule has 160 valence electrons. The monoisotopic (exact) mass is 443 g/mol. The average Bonchev–Trinajstić information content (AvgIpc) is 3.02. The van der Waals surface area contributed by atoms with Crippen molar-refractivity contribution in [2.24, 2.45) is 0 Å². The molecule has 30 heavy (non-hydrogen) atoms. The zero-order chi connectivity index (χ0) is 22.6. The number of nitrogens with zero attached hydrogens (tertiary/aromatic N) is 2. The molecule has 1 heterocycles. The van der Waals surface area contributed by atoms with Crippen molar-refractivity contribution in [1.82, 2.24) is 9.97 Å². The van der Waals surface area contributed by atoms with E-state index in [4.69, 9.17) is 0 Å². The Hall–Kier alpha value is -3.32. The van der Waals surface area contributed by atoms with Crippen LogP contribution in [0, 0.1) is 10.1 Å². The Morgan fingerprint density at radius 1 is 0.767 bits per heavy atom. The molecule has 0 amide bonds. The molecule has 14 heteroatoms. The van der Waals surface area contributed by atoms with Crippen molar-refractivity contribution in [2.75, 3.05) is 0 Å². The number of aromatic nitrogens is 2. The molecule has 0 unspecified atom stereocenters. The van der Waals surface area contributed by atoms with Gasteiger partial charge in [-0.2, -0.15) is 39.5 Å². The van der Waals surface area contributed by atoms with Crippen molar-refractivity contribution < 1.29 is 44.4 Å². The minimum Gasteiger partial charge on any atom is -0.338 e. The van der Waals surface area contributed by atoms with Crippen molar-refractivity contribution in [2.45, 2.75) is 18.5 Å². The Kier molecular flexibility index (Phi) is 4.71. The van der Waals surface area contributed by atoms with E-state index in [9.17, 15) is 49.6 Å². The smallest absolute Gasteiger partial charge is 0.338 e. The van der Waals surface area contributed by atoms with E-state index in [0.717, 1.165) is 0 Å². The largest absolute Gasteiger partial charge is 0.416 e. The van der Waals surface area contributed by atoms with Crippen molar-refractivity contribution in [3.05, 3.63) is 57.1 Å². The van der Waals surface area contributed by atoms with E-state index in [1.54, 1.807) is 0 Å². The predicted octanol–water partition coefficient (Wildman–Crippen LogP) is 6.19. The van der Waals surface area contributed by atoms with Crippen molar-refractivity contribution >= 4 is 16.7 Å². The Morgan fingerprint density at radius 3 is 1.67 bits per heavy atom. The number of imidazole rings is 1. The second-order valence-electron chi connectivity index (χ2n) is 6.03. The first-order valence-electron chi connectivity index (χ1n) is 7.62. The summed E-state index contributed by atoms with van der Waals surface area (Å²) < 4.78 is 117. The number of fused-ring (bicyclic) bond motifs is 1. The van der Waals surface area contributed by atoms with Crippen LogP contribution in [0.25, 0.3) is 22.4 Å². The summed E-state index contributed by atoms with van der Waals surface area (Å²) in [6.07, 6.45) is -15.3. The molecule has 0 bridgehead atoms. The summed E-state index contributed by atoms with van der Waals surface area (Å²) in [6.45, 7) is 0. The lowest BCUT2D eigenvalue weighted by Gasteiger charge is -2.13. The van der Waals surface area contributed by atoms with Crippen LogP contribution in [0.5, 0.6) is 0 Å². The summed E-state index contributed by atoms with van der Waals surface area (Å²) in [4.78, 5) is 15.6. The van der Waals surface area contributed by atoms with Gasteiger partial charge in [0.1, 0.15) is 5.82 Å². The highest BCUT2D eigenvalue weighted by Gasteiger charge is 2.38. The summed E-state index contributed by atoms with van der Waals surface area (Å²) in [5.74, 6) is -0.705. The molecule has 0 fully saturated rings. The Labute approximate surface area is 159 Å². The zero-order valence-corrected chi connectivity index (χ0v) is 14.0. The van der Waals surface area contributed by atoms with Crippen molar-refractivity contribution in [3.8, 4) is 11.4 Å². The number of hydrogen-bond donors (Lipinski definition) is 1. The van der Waals surface area contributed by atoms with Crippen LogP contribution in [-0.4, -0.2) is 14.9 Å². The maximum atomic E-state index is 13.0. The fraction of sp³-hybridized carbons (Fsp3) is 0.188. The number of halogens is 9. The minimum absolute atomic E-state index is 0.142. The number of rotatable bonds is 2. The Balaban J connectivity index is 2.29. The first-order chi connectivity index (χ1) is 13.6. The van der Waals surface area contributed by atoms with E-state index in [1.807, 2.05) is 0 Å². The number of nitrogens with one attached hydrogen (secondary N) is 1. The van der Waals surface area contributed by atoms with Gasteiger partial charge in [0.2, 0.25) is 0 Å². The highest BCUT2D eigenvalue weighted by Crippen LogP contribution is 2.40. The van der Waals surface area contributed by atoms with Gasteiger partial charge in [-0.15, -0.1) is 0 Å². The van der Waals surface area contributed by atoms with Gasteiger partial charge in [-0.1, -0.05) is 0 Å². The topological polar surface area (TPSA) is 71.8 Å². The van der Waals surface area contributed by atoms with Crippen molar-refractivity contribution in [3.63, 3.8) is 0 Å². The molecule has 0 aliphatic heterocycles. The van der Waals surface area contributed by atoms with E-state index in [2.05, 4.69) is 9.97 Å². The fourth-order valence-electron chi connectivity index (χ4n) is 2.63. The quantitative estimate of drug-likeness (QED) is 0.292. The van der Waals surface area contributed by atoms with Gasteiger partial charge < -0.3 is 4.98 Å². The maximum absolute atomic E-state index is 13.0. The molecule has 0 saturated heterocycles. The third-order valence-corrected chi connectivity index (χ3v) is 3.95. The molecule has 1 N–H and O–H groups in total. The van der Waals surface area contributed by atoms with Crippen LogP contribution in [0.1, 0.15) is 16.7 Å². The number of benzene rings is 2. The number of hydrogen-bond acceptors (Lipinski definition) is 3. The van der Waals surface area contributed by atoms with E-state index in [-0.39, 0.29) is 12.1 Å². The summed E-state index contributed by atoms with van der Waals surface area (Å²) in [5.41, 5.74) is -7.94. The highest BCUT2D eigenvalue weighted by molar-refractivity contribution is 5.88. The minimum atomic E-state index is -5.17. The predicted molar refractivity (Wildman–Crippen MR) is 83.2 cm³/mol. The van der Waals surface area contributed by atoms with E-state index in [0.29, 0.717) is 18.2 Å². The van der Waals surface area contributed by atoms with Gasteiger partial charge in [-0.25, -0.2) is 4.98 Å². The first kappa shape index (κ1) is 21.4. The number of H-pyrrole nitrogens is 1. The highest BCUT2D eigenvalue weighted by atomic mass is 19.4. The van der Waals surface area contributed by atoms with Gasteiger partial charge in [0, 0.05) is 11.6 Å². The molecule has 2 aromatic carbocycles. The van der Waals surface area contributed by atoms with Crippen LogP contribution < -0.4 is 0 Å². The summed E-state index contributed by atoms with van der Waals surface area (Å²) in [5, 5.41) is 11.1. The second-order valence-corrected chi connectivity index (χ2v) is 6.03. The van der Waals surface area contributed by atoms with Gasteiger partial charge in [-0.3, -0.25) is 10.1 Å². The molecule has 0 saturated carbocycles. The van der Waals surface area contributed by atoms with Crippen LogP contribution in [-0.2, 0) is 18.5 Å². The molecular weight excluding hydrogens is 437 g/mol. The fourth-order valence-corrected chi connectivity index (χ4v) is 2.63. The van der Waals surface area contributed by atoms with E-state index >= 15 is 0 Å². The van der Waals surface area contributed by atoms with Gasteiger partial charge in [0.25, 0.3) is 5.69 Å². The second kappa shape index (κ2) is 6.60. The lowest BCUT2D eigenvalue weighted by molar-refractivity contribution is -0.383. The molecule has 0 spiro atoms. The third-order valence-electron chi connectivity index (χ3n) is 3.95. The van der Waals surface area contributed by atoms with Crippen LogP contribution in [0.4, 0.5) is 45.2 Å². The van der Waals surface area contributed by atoms with Crippen LogP contribution >= 0.6 is 0 Å². The molecule has 0 radical (unpaired) electrons. The Bertz CT molecular complexity index is 1110. The number of alkyl halides is 9.